The lowest BCUT2D eigenvalue weighted by Gasteiger charge is -2.43. The average Bonchev–Trinajstić information content (AvgIpc) is 3.35. The number of rotatable bonds is 8. The Bertz CT molecular complexity index is 1950. The highest BCUT2D eigenvalue weighted by Crippen LogP contribution is 2.39. The van der Waals surface area contributed by atoms with Crippen molar-refractivity contribution < 1.29 is 73.2 Å². The van der Waals surface area contributed by atoms with Crippen LogP contribution in [-0.4, -0.2) is 154 Å². The largest absolute Gasteiger partial charge is 0.460 e. The molecule has 17 heteroatoms. The Balaban J connectivity index is 1.69. The number of aliphatic hydroxyl groups is 5. The maximum atomic E-state index is 14.5. The second-order valence-corrected chi connectivity index (χ2v) is 21.1. The van der Waals surface area contributed by atoms with E-state index in [1.807, 2.05) is 51.2 Å². The molecule has 71 heavy (non-hydrogen) atoms. The Morgan fingerprint density at radius 2 is 1.63 bits per heavy atom. The number of fused-ring (bicyclic) bond motifs is 3. The molecule has 2 bridgehead atoms. The van der Waals surface area contributed by atoms with E-state index in [0.29, 0.717) is 63.4 Å². The number of methoxy groups -OCH3 is 1. The molecule has 4 rings (SSSR count). The summed E-state index contributed by atoms with van der Waals surface area (Å²) in [6, 6.07) is -1.21. The Hall–Kier alpha value is -4.10. The molecule has 4 aliphatic rings. The van der Waals surface area contributed by atoms with E-state index in [1.54, 1.807) is 33.8 Å². The van der Waals surface area contributed by atoms with Crippen molar-refractivity contribution in [1.82, 2.24) is 9.80 Å². The predicted octanol–water partition coefficient (Wildman–Crippen LogP) is 5.39. The minimum atomic E-state index is -2.49. The van der Waals surface area contributed by atoms with Crippen LogP contribution < -0.4 is 0 Å². The van der Waals surface area contributed by atoms with Crippen LogP contribution in [-0.2, 0) is 42.9 Å². The zero-order valence-electron chi connectivity index (χ0n) is 43.6. The summed E-state index contributed by atoms with van der Waals surface area (Å²) in [6.07, 6.45) is 9.82. The van der Waals surface area contributed by atoms with Gasteiger partial charge in [0.2, 0.25) is 5.79 Å². The van der Waals surface area contributed by atoms with Crippen LogP contribution in [0, 0.1) is 47.3 Å². The summed E-state index contributed by atoms with van der Waals surface area (Å²) >= 11 is 0. The lowest BCUT2D eigenvalue weighted by molar-refractivity contribution is -0.265. The summed E-state index contributed by atoms with van der Waals surface area (Å²) in [4.78, 5) is 85.7. The van der Waals surface area contributed by atoms with E-state index in [0.717, 1.165) is 15.4 Å². The fourth-order valence-corrected chi connectivity index (χ4v) is 10.7. The van der Waals surface area contributed by atoms with Crippen molar-refractivity contribution in [1.29, 1.82) is 0 Å². The molecule has 3 aliphatic heterocycles. The van der Waals surface area contributed by atoms with Crippen molar-refractivity contribution in [2.75, 3.05) is 40.6 Å². The number of Topliss-reactive ketones (excluding diaryl/α,β-unsaturated/α-hetero) is 3. The van der Waals surface area contributed by atoms with E-state index >= 15 is 0 Å². The third-order valence-corrected chi connectivity index (χ3v) is 15.5. The maximum Gasteiger partial charge on any atom is 0.411 e. The van der Waals surface area contributed by atoms with Gasteiger partial charge in [0, 0.05) is 69.9 Å². The van der Waals surface area contributed by atoms with Gasteiger partial charge in [-0.05, 0) is 108 Å². The molecule has 0 aromatic heterocycles. The fourth-order valence-electron chi connectivity index (χ4n) is 10.7. The van der Waals surface area contributed by atoms with E-state index in [2.05, 4.69) is 0 Å². The van der Waals surface area contributed by atoms with Crippen LogP contribution >= 0.6 is 0 Å². The summed E-state index contributed by atoms with van der Waals surface area (Å²) in [5, 5.41) is 53.6. The van der Waals surface area contributed by atoms with Crippen LogP contribution in [0.4, 0.5) is 4.79 Å². The molecule has 400 valence electrons. The van der Waals surface area contributed by atoms with Gasteiger partial charge in [-0.15, -0.1) is 0 Å². The molecule has 1 saturated carbocycles. The number of carbonyl (C=O) groups is 6. The molecule has 0 radical (unpaired) electrons. The number of piperidine rings is 1. The maximum absolute atomic E-state index is 14.5. The molecule has 1 aliphatic carbocycles. The van der Waals surface area contributed by atoms with E-state index in [1.165, 1.54) is 14.2 Å². The van der Waals surface area contributed by atoms with E-state index in [9.17, 15) is 54.3 Å². The molecule has 3 fully saturated rings. The molecule has 2 unspecified atom stereocenters. The van der Waals surface area contributed by atoms with Gasteiger partial charge in [-0.1, -0.05) is 76.6 Å². The van der Waals surface area contributed by atoms with Crippen molar-refractivity contribution in [2.45, 2.75) is 168 Å². The van der Waals surface area contributed by atoms with Gasteiger partial charge >= 0.3 is 12.1 Å². The van der Waals surface area contributed by atoms with Gasteiger partial charge in [-0.3, -0.25) is 24.1 Å². The summed E-state index contributed by atoms with van der Waals surface area (Å²) in [5.74, 6) is -9.54. The van der Waals surface area contributed by atoms with Crippen LogP contribution in [0.3, 0.4) is 0 Å². The van der Waals surface area contributed by atoms with Gasteiger partial charge in [0.05, 0.1) is 6.10 Å². The van der Waals surface area contributed by atoms with Crippen molar-refractivity contribution in [3.63, 3.8) is 0 Å². The van der Waals surface area contributed by atoms with Crippen molar-refractivity contribution in [2.24, 2.45) is 47.3 Å². The Labute approximate surface area is 420 Å². The molecule has 3 heterocycles. The highest BCUT2D eigenvalue weighted by Gasteiger charge is 2.53. The number of ketones is 3. The SMILES string of the molecule is COC1C(=O)C(C)C[C@H](C)/C=C/C=C/C=C(\C)[C@@H](CO)C[C@@H]2CC[C@@H](C)[C@@](O)(O2)C(=O)C(=O)N2CCCC[C@H]2C(=O)O[C@H]([C@H](C)C[C@@H]2CC[C@@H](OC(=O)N(C)CO)[C@H](CO)C2)CC(=O)[C@H](C)/C=C(\C)[C@H]1O. The first-order valence-corrected chi connectivity index (χ1v) is 25.8. The lowest BCUT2D eigenvalue weighted by Crippen LogP contribution is -2.60. The highest BCUT2D eigenvalue weighted by atomic mass is 16.6. The summed E-state index contributed by atoms with van der Waals surface area (Å²) < 4.78 is 23.6. The van der Waals surface area contributed by atoms with Crippen LogP contribution in [0.5, 0.6) is 0 Å². The number of carbonyl (C=O) groups excluding carboxylic acids is 6. The van der Waals surface area contributed by atoms with E-state index in [-0.39, 0.29) is 68.3 Å². The highest BCUT2D eigenvalue weighted by molar-refractivity contribution is 6.39. The zero-order chi connectivity index (χ0) is 52.7. The van der Waals surface area contributed by atoms with Crippen LogP contribution in [0.15, 0.2) is 47.6 Å². The lowest BCUT2D eigenvalue weighted by atomic mass is 9.75. The summed E-state index contributed by atoms with van der Waals surface area (Å²) in [7, 11) is 2.75. The third-order valence-electron chi connectivity index (χ3n) is 15.5. The second-order valence-electron chi connectivity index (χ2n) is 21.1. The second kappa shape index (κ2) is 27.8. The average molecular weight is 1000 g/mol. The number of nitrogens with zero attached hydrogens (tertiary/aromatic N) is 2. The molecule has 5 N–H and O–H groups in total. The van der Waals surface area contributed by atoms with Gasteiger partial charge in [0.15, 0.2) is 5.78 Å². The quantitative estimate of drug-likeness (QED) is 0.0885. The van der Waals surface area contributed by atoms with Gasteiger partial charge in [0.25, 0.3) is 11.7 Å². The first kappa shape index (κ1) is 59.5. The standard InChI is InChI=1S/C54H84N2O15/c1-32-15-11-10-12-16-33(2)40(29-57)27-42-20-18-38(7)54(67,71-42)50(63)51(64)56-22-14-13-17-43(56)52(65)69-46(28-44(60)34(3)24-37(6)48(62)49(68-9)47(61)36(5)23-32)35(4)25-39-19-21-45(41(26-39)30-58)70-53(66)55(8)31-59/h10-12,15-16,24,32,34-36,38-43,45-46,48-49,57-59,62,67H,13-14,17-23,25-31H2,1-9H3/b12-10+,15-11+,33-16+,37-24+/t32-,34-,35-,36?,38-,39+,40-,41+,42+,43+,45-,46+,48-,49?,54-/m1/s1. The number of allylic oxidation sites excluding steroid dienone is 6. The number of aliphatic hydroxyl groups excluding tert-OH is 4. The minimum absolute atomic E-state index is 0.0197. The summed E-state index contributed by atoms with van der Waals surface area (Å²) in [5.41, 5.74) is 1.18. The zero-order valence-corrected chi connectivity index (χ0v) is 43.6. The molecule has 0 aromatic rings. The number of ether oxygens (including phenoxy) is 4. The number of hydrogen-bond donors (Lipinski definition) is 5. The van der Waals surface area contributed by atoms with Crippen molar-refractivity contribution >= 4 is 35.3 Å². The molecular formula is C54H84N2O15. The molecule has 15 atom stereocenters. The number of amides is 2. The topological polar surface area (TPSA) is 247 Å². The summed E-state index contributed by atoms with van der Waals surface area (Å²) in [6.45, 7) is 11.4. The Morgan fingerprint density at radius 3 is 2.30 bits per heavy atom. The van der Waals surface area contributed by atoms with Crippen LogP contribution in [0.25, 0.3) is 0 Å². The van der Waals surface area contributed by atoms with Gasteiger partial charge in [0.1, 0.15) is 43.0 Å². The third kappa shape index (κ3) is 15.9. The smallest absolute Gasteiger partial charge is 0.411 e. The van der Waals surface area contributed by atoms with Gasteiger partial charge in [-0.25, -0.2) is 9.59 Å². The Morgan fingerprint density at radius 1 is 0.915 bits per heavy atom. The predicted molar refractivity (Wildman–Crippen MR) is 264 cm³/mol. The molecule has 0 aromatic carbocycles. The molecule has 17 nitrogen and oxygen atoms in total. The normalized spacial score (nSPS) is 37.9. The first-order valence-electron chi connectivity index (χ1n) is 25.8. The van der Waals surface area contributed by atoms with E-state index in [4.69, 9.17) is 18.9 Å². The Kier molecular flexibility index (Phi) is 23.3. The molecular weight excluding hydrogens is 917 g/mol. The number of esters is 1. The number of cyclic esters (lactones) is 1. The van der Waals surface area contributed by atoms with Crippen LogP contribution in [0.1, 0.15) is 126 Å². The molecule has 2 amide bonds. The van der Waals surface area contributed by atoms with Crippen molar-refractivity contribution in [3.05, 3.63) is 47.6 Å². The fraction of sp³-hybridized carbons (Fsp3) is 0.741. The van der Waals surface area contributed by atoms with Crippen LogP contribution in [0.2, 0.25) is 0 Å². The monoisotopic (exact) mass is 1000 g/mol. The van der Waals surface area contributed by atoms with E-state index < -0.39 is 102 Å². The molecule has 0 spiro atoms. The van der Waals surface area contributed by atoms with Gasteiger partial charge < -0.3 is 49.4 Å². The van der Waals surface area contributed by atoms with Crippen molar-refractivity contribution in [3.8, 4) is 0 Å². The first-order chi connectivity index (χ1) is 33.6. The molecule has 2 saturated heterocycles. The van der Waals surface area contributed by atoms with Gasteiger partial charge in [-0.2, -0.15) is 0 Å². The minimum Gasteiger partial charge on any atom is -0.460 e. The number of hydrogen-bond acceptors (Lipinski definition) is 15.